The maximum Gasteiger partial charge on any atom is 0.246 e. The second-order valence-corrected chi connectivity index (χ2v) is 12.2. The van der Waals surface area contributed by atoms with Crippen LogP contribution in [0.2, 0.25) is 0 Å². The molecule has 1 saturated carbocycles. The average Bonchev–Trinajstić information content (AvgIpc) is 3.52. The van der Waals surface area contributed by atoms with Gasteiger partial charge in [0, 0.05) is 19.3 Å². The molecule has 4 amide bonds. The molecule has 3 heterocycles. The van der Waals surface area contributed by atoms with Crippen LogP contribution < -0.4 is 10.6 Å². The fourth-order valence-corrected chi connectivity index (χ4v) is 6.56. The van der Waals surface area contributed by atoms with Crippen LogP contribution in [0, 0.1) is 40.4 Å². The zero-order valence-electron chi connectivity index (χ0n) is 23.2. The lowest BCUT2D eigenvalue weighted by molar-refractivity contribution is -0.149. The van der Waals surface area contributed by atoms with Crippen molar-refractivity contribution in [1.29, 1.82) is 5.26 Å². The Kier molecular flexibility index (Phi) is 8.33. The van der Waals surface area contributed by atoms with Crippen molar-refractivity contribution in [3.05, 3.63) is 18.3 Å². The number of fused-ring (bicyclic) bond motifs is 1. The Morgan fingerprint density at radius 1 is 1.25 bits per heavy atom. The van der Waals surface area contributed by atoms with Crippen molar-refractivity contribution in [2.45, 2.75) is 71.3 Å². The van der Waals surface area contributed by atoms with Crippen molar-refractivity contribution in [3.63, 3.8) is 0 Å². The van der Waals surface area contributed by atoms with Gasteiger partial charge < -0.3 is 25.5 Å². The van der Waals surface area contributed by atoms with Crippen LogP contribution >= 0.6 is 0 Å². The fourth-order valence-electron chi connectivity index (χ4n) is 6.56. The molecule has 216 valence electrons. The summed E-state index contributed by atoms with van der Waals surface area (Å²) in [5.74, 6) is -3.48. The predicted molar refractivity (Wildman–Crippen MR) is 142 cm³/mol. The van der Waals surface area contributed by atoms with Gasteiger partial charge >= 0.3 is 0 Å². The summed E-state index contributed by atoms with van der Waals surface area (Å²) in [6.45, 7) is 7.35. The summed E-state index contributed by atoms with van der Waals surface area (Å²) in [6, 6.07) is 2.13. The van der Waals surface area contributed by atoms with Gasteiger partial charge in [-0.05, 0) is 54.6 Å². The molecule has 12 heteroatoms. The number of hydrogen-bond donors (Lipinski definition) is 3. The number of likely N-dealkylation sites (tertiary alicyclic amines) is 2. The first kappa shape index (κ1) is 29.2. The van der Waals surface area contributed by atoms with E-state index in [2.05, 4.69) is 21.7 Å². The summed E-state index contributed by atoms with van der Waals surface area (Å²) in [5, 5.41) is 25.0. The van der Waals surface area contributed by atoms with Gasteiger partial charge in [-0.3, -0.25) is 19.2 Å². The van der Waals surface area contributed by atoms with Gasteiger partial charge in [0.1, 0.15) is 24.3 Å². The van der Waals surface area contributed by atoms with Gasteiger partial charge in [-0.15, -0.1) is 0 Å². The zero-order chi connectivity index (χ0) is 29.4. The quantitative estimate of drug-likeness (QED) is 0.452. The lowest BCUT2D eigenvalue weighted by Crippen LogP contribution is -2.58. The number of hydrogen-bond acceptors (Lipinski definition) is 7. The Bertz CT molecular complexity index is 1200. The third kappa shape index (κ3) is 5.46. The van der Waals surface area contributed by atoms with Gasteiger partial charge in [-0.25, -0.2) is 9.37 Å². The van der Waals surface area contributed by atoms with Crippen molar-refractivity contribution in [2.24, 2.45) is 29.1 Å². The average molecular weight is 557 g/mol. The number of aromatic nitrogens is 1. The van der Waals surface area contributed by atoms with E-state index in [1.165, 1.54) is 28.1 Å². The van der Waals surface area contributed by atoms with E-state index in [-0.39, 0.29) is 37.0 Å². The zero-order valence-corrected chi connectivity index (χ0v) is 23.2. The van der Waals surface area contributed by atoms with Crippen LogP contribution in [-0.4, -0.2) is 81.4 Å². The monoisotopic (exact) mass is 556 g/mol. The smallest absolute Gasteiger partial charge is 0.246 e. The number of halogens is 1. The van der Waals surface area contributed by atoms with Gasteiger partial charge in [-0.2, -0.15) is 5.26 Å². The van der Waals surface area contributed by atoms with Crippen LogP contribution in [0.4, 0.5) is 10.2 Å². The first-order chi connectivity index (χ1) is 18.9. The molecule has 1 aromatic heterocycles. The summed E-state index contributed by atoms with van der Waals surface area (Å²) in [7, 11) is 0. The highest BCUT2D eigenvalue weighted by atomic mass is 19.1. The molecule has 0 radical (unpaired) electrons. The van der Waals surface area contributed by atoms with E-state index in [1.54, 1.807) is 27.7 Å². The van der Waals surface area contributed by atoms with Gasteiger partial charge in [-0.1, -0.05) is 27.7 Å². The number of nitriles is 1. The lowest BCUT2D eigenvalue weighted by atomic mass is 9.70. The van der Waals surface area contributed by atoms with E-state index in [0.717, 1.165) is 0 Å². The highest BCUT2D eigenvalue weighted by molar-refractivity contribution is 5.95. The number of amides is 4. The molecule has 1 aromatic rings. The van der Waals surface area contributed by atoms with E-state index in [4.69, 9.17) is 0 Å². The van der Waals surface area contributed by atoms with Gasteiger partial charge in [0.15, 0.2) is 11.6 Å². The van der Waals surface area contributed by atoms with Gasteiger partial charge in [0.25, 0.3) is 0 Å². The molecule has 3 N–H and O–H groups in total. The van der Waals surface area contributed by atoms with Crippen LogP contribution in [0.25, 0.3) is 0 Å². The van der Waals surface area contributed by atoms with E-state index >= 15 is 0 Å². The van der Waals surface area contributed by atoms with Crippen molar-refractivity contribution in [1.82, 2.24) is 20.1 Å². The summed E-state index contributed by atoms with van der Waals surface area (Å²) in [6.07, 6.45) is 1.66. The summed E-state index contributed by atoms with van der Waals surface area (Å²) >= 11 is 0. The number of rotatable bonds is 6. The normalized spacial score (nSPS) is 30.6. The van der Waals surface area contributed by atoms with Gasteiger partial charge in [0.2, 0.25) is 24.1 Å². The van der Waals surface area contributed by atoms with Crippen LogP contribution in [0.3, 0.4) is 0 Å². The van der Waals surface area contributed by atoms with Crippen LogP contribution in [0.15, 0.2) is 18.3 Å². The standard InChI is InChI=1S/C28H37FN6O5/c1-15-19(29)8-7-16-12-35(27(40)23(32-14-36)28(2,3)4)22(21(15)16)26(39)34-13-17(10-18(34)11-30)25(38)33-24-20(37)6-5-9-31-24/h5-6,9,14-19,21-23,37H,7-8,10,12-13H2,1-4H3,(H,32,36)(H,31,33,38)/t15-,16?,17?,18?,19-,21+,22+,23-/m1/s1. The number of nitrogens with zero attached hydrogens (tertiary/aromatic N) is 4. The highest BCUT2D eigenvalue weighted by Gasteiger charge is 2.56. The number of pyridine rings is 1. The molecular formula is C28H37FN6O5. The topological polar surface area (TPSA) is 156 Å². The molecule has 40 heavy (non-hydrogen) atoms. The number of carbonyl (C=O) groups is 4. The second-order valence-electron chi connectivity index (χ2n) is 12.2. The minimum atomic E-state index is -1.13. The van der Waals surface area contributed by atoms with Crippen LogP contribution in [0.1, 0.15) is 47.0 Å². The second kappa shape index (κ2) is 11.4. The molecule has 2 saturated heterocycles. The Balaban J connectivity index is 1.63. The molecule has 8 atom stereocenters. The van der Waals surface area contributed by atoms with Crippen LogP contribution in [0.5, 0.6) is 5.75 Å². The maximum atomic E-state index is 15.0. The molecule has 0 spiro atoms. The molecule has 3 unspecified atom stereocenters. The summed E-state index contributed by atoms with van der Waals surface area (Å²) in [4.78, 5) is 59.3. The van der Waals surface area contributed by atoms with E-state index in [1.807, 2.05) is 0 Å². The molecule has 1 aliphatic carbocycles. The van der Waals surface area contributed by atoms with E-state index in [9.17, 15) is 33.9 Å². The number of aromatic hydroxyl groups is 1. The number of carbonyl (C=O) groups excluding carboxylic acids is 4. The number of nitrogens with one attached hydrogen (secondary N) is 2. The van der Waals surface area contributed by atoms with E-state index < -0.39 is 65.2 Å². The molecule has 4 rings (SSSR count). The predicted octanol–water partition coefficient (Wildman–Crippen LogP) is 1.84. The molecule has 2 aliphatic heterocycles. The number of anilines is 1. The maximum absolute atomic E-state index is 15.0. The minimum Gasteiger partial charge on any atom is -0.504 e. The Morgan fingerprint density at radius 2 is 1.98 bits per heavy atom. The molecule has 3 fully saturated rings. The molecule has 11 nitrogen and oxygen atoms in total. The number of alkyl halides is 1. The lowest BCUT2D eigenvalue weighted by Gasteiger charge is -2.39. The Labute approximate surface area is 233 Å². The molecule has 3 aliphatic rings. The first-order valence-electron chi connectivity index (χ1n) is 13.7. The summed E-state index contributed by atoms with van der Waals surface area (Å²) < 4.78 is 15.0. The minimum absolute atomic E-state index is 0.0258. The van der Waals surface area contributed by atoms with E-state index in [0.29, 0.717) is 19.3 Å². The molecule has 0 bridgehead atoms. The van der Waals surface area contributed by atoms with Gasteiger partial charge in [0.05, 0.1) is 12.0 Å². The highest BCUT2D eigenvalue weighted by Crippen LogP contribution is 2.46. The largest absolute Gasteiger partial charge is 0.504 e. The van der Waals surface area contributed by atoms with Crippen molar-refractivity contribution < 1.29 is 28.7 Å². The van der Waals surface area contributed by atoms with Crippen molar-refractivity contribution in [3.8, 4) is 11.8 Å². The fraction of sp³-hybridized carbons (Fsp3) is 0.643. The Hall–Kier alpha value is -3.75. The third-order valence-corrected chi connectivity index (χ3v) is 8.68. The first-order valence-corrected chi connectivity index (χ1v) is 13.7. The summed E-state index contributed by atoms with van der Waals surface area (Å²) in [5.41, 5.74) is -0.656. The van der Waals surface area contributed by atoms with Crippen molar-refractivity contribution >= 4 is 29.9 Å². The van der Waals surface area contributed by atoms with Crippen molar-refractivity contribution in [2.75, 3.05) is 18.4 Å². The SMILES string of the molecule is C[C@H]1[C@H]2C(CC[C@H]1F)CN(C(=O)[C@@H](NC=O)C(C)(C)C)[C@@H]2C(=O)N1CC(C(=O)Nc2ncccc2O)CC1C#N. The molecular weight excluding hydrogens is 519 g/mol. The Morgan fingerprint density at radius 3 is 2.60 bits per heavy atom. The molecule has 0 aromatic carbocycles. The van der Waals surface area contributed by atoms with Crippen LogP contribution in [-0.2, 0) is 19.2 Å². The third-order valence-electron chi connectivity index (χ3n) is 8.68.